The lowest BCUT2D eigenvalue weighted by Crippen LogP contribution is -2.27. The summed E-state index contributed by atoms with van der Waals surface area (Å²) in [5, 5.41) is 7.45. The molecule has 1 aromatic carbocycles. The van der Waals surface area contributed by atoms with Crippen LogP contribution < -0.4 is 11.1 Å². The summed E-state index contributed by atoms with van der Waals surface area (Å²) in [6.45, 7) is 0.586. The van der Waals surface area contributed by atoms with Crippen molar-refractivity contribution in [3.8, 4) is 0 Å². The zero-order chi connectivity index (χ0) is 17.1. The van der Waals surface area contributed by atoms with E-state index in [0.29, 0.717) is 12.5 Å². The van der Waals surface area contributed by atoms with Crippen molar-refractivity contribution in [2.45, 2.75) is 25.3 Å². The first-order valence-electron chi connectivity index (χ1n) is 8.36. The van der Waals surface area contributed by atoms with E-state index in [1.54, 1.807) is 0 Å². The van der Waals surface area contributed by atoms with Crippen molar-refractivity contribution in [1.29, 1.82) is 0 Å². The Morgan fingerprint density at radius 3 is 2.80 bits per heavy atom. The van der Waals surface area contributed by atoms with Gasteiger partial charge < -0.3 is 16.0 Å². The predicted octanol–water partition coefficient (Wildman–Crippen LogP) is 2.56. The number of aromatic nitrogens is 2. The lowest BCUT2D eigenvalue weighted by Gasteiger charge is -2.21. The van der Waals surface area contributed by atoms with E-state index in [0.717, 1.165) is 17.7 Å². The maximum atomic E-state index is 6.08. The molecule has 7 heteroatoms. The Morgan fingerprint density at radius 1 is 1.36 bits per heavy atom. The molecule has 3 rings (SSSR count). The molecule has 0 aliphatic heterocycles. The molecule has 136 valence electrons. The van der Waals surface area contributed by atoms with Gasteiger partial charge in [0.05, 0.1) is 18.8 Å². The molecule has 0 amide bonds. The first kappa shape index (κ1) is 19.7. The SMILES string of the molecule is CN(C)C(CN=C(N)Nc1ccc2c(c1)CCC2)c1cnn(C)c1.I. The van der Waals surface area contributed by atoms with Crippen molar-refractivity contribution >= 4 is 35.6 Å². The average molecular weight is 454 g/mol. The summed E-state index contributed by atoms with van der Waals surface area (Å²) in [4.78, 5) is 6.65. The lowest BCUT2D eigenvalue weighted by atomic mass is 10.1. The van der Waals surface area contributed by atoms with Gasteiger partial charge in [-0.3, -0.25) is 9.67 Å². The number of anilines is 1. The minimum Gasteiger partial charge on any atom is -0.370 e. The highest BCUT2D eigenvalue weighted by atomic mass is 127. The van der Waals surface area contributed by atoms with Crippen LogP contribution >= 0.6 is 24.0 Å². The highest BCUT2D eigenvalue weighted by Crippen LogP contribution is 2.24. The number of nitrogens with two attached hydrogens (primary N) is 1. The molecule has 25 heavy (non-hydrogen) atoms. The van der Waals surface area contributed by atoms with Crippen molar-refractivity contribution < 1.29 is 0 Å². The van der Waals surface area contributed by atoms with Crippen LogP contribution in [0, 0.1) is 0 Å². The number of nitrogens with one attached hydrogen (secondary N) is 1. The number of fused-ring (bicyclic) bond motifs is 1. The fourth-order valence-corrected chi connectivity index (χ4v) is 3.20. The fraction of sp³-hybridized carbons (Fsp3) is 0.444. The molecule has 0 saturated heterocycles. The predicted molar refractivity (Wildman–Crippen MR) is 114 cm³/mol. The van der Waals surface area contributed by atoms with E-state index < -0.39 is 0 Å². The third-order valence-electron chi connectivity index (χ3n) is 4.54. The first-order chi connectivity index (χ1) is 11.5. The van der Waals surface area contributed by atoms with Crippen LogP contribution in [0.2, 0.25) is 0 Å². The summed E-state index contributed by atoms with van der Waals surface area (Å²) < 4.78 is 1.81. The van der Waals surface area contributed by atoms with E-state index >= 15 is 0 Å². The largest absolute Gasteiger partial charge is 0.370 e. The smallest absolute Gasteiger partial charge is 0.193 e. The maximum absolute atomic E-state index is 6.08. The number of likely N-dealkylation sites (N-methyl/N-ethyl adjacent to an activating group) is 1. The van der Waals surface area contributed by atoms with Crippen LogP contribution in [0.1, 0.15) is 29.2 Å². The van der Waals surface area contributed by atoms with Gasteiger partial charge in [0.15, 0.2) is 5.96 Å². The molecule has 0 saturated carbocycles. The molecule has 1 aliphatic carbocycles. The van der Waals surface area contributed by atoms with Gasteiger partial charge in [-0.15, -0.1) is 24.0 Å². The Labute approximate surface area is 166 Å². The minimum absolute atomic E-state index is 0. The Bertz CT molecular complexity index is 737. The maximum Gasteiger partial charge on any atom is 0.193 e. The lowest BCUT2D eigenvalue weighted by molar-refractivity contribution is 0.306. The zero-order valence-corrected chi connectivity index (χ0v) is 17.4. The van der Waals surface area contributed by atoms with Gasteiger partial charge in [0.2, 0.25) is 0 Å². The van der Waals surface area contributed by atoms with Gasteiger partial charge in [0.1, 0.15) is 0 Å². The Morgan fingerprint density at radius 2 is 2.12 bits per heavy atom. The van der Waals surface area contributed by atoms with Gasteiger partial charge in [0.25, 0.3) is 0 Å². The standard InChI is InChI=1S/C18H26N6.HI/c1-23(2)17(15-10-21-24(3)12-15)11-20-18(19)22-16-8-7-13-5-4-6-14(13)9-16;/h7-10,12,17H,4-6,11H2,1-3H3,(H3,19,20,22);1H. The molecule has 2 aromatic rings. The van der Waals surface area contributed by atoms with E-state index in [2.05, 4.69) is 38.5 Å². The molecule has 3 N–H and O–H groups in total. The molecule has 1 heterocycles. The summed E-state index contributed by atoms with van der Waals surface area (Å²) in [6.07, 6.45) is 7.49. The number of aryl methyl sites for hydroxylation is 3. The van der Waals surface area contributed by atoms with Gasteiger partial charge >= 0.3 is 0 Å². The van der Waals surface area contributed by atoms with Crippen molar-refractivity contribution in [1.82, 2.24) is 14.7 Å². The van der Waals surface area contributed by atoms with Crippen LogP contribution in [0.4, 0.5) is 5.69 Å². The molecule has 1 aliphatic rings. The second-order valence-corrected chi connectivity index (χ2v) is 6.61. The van der Waals surface area contributed by atoms with Crippen LogP contribution in [-0.2, 0) is 19.9 Å². The van der Waals surface area contributed by atoms with E-state index in [1.807, 2.05) is 38.2 Å². The minimum atomic E-state index is 0. The Balaban J connectivity index is 0.00000225. The molecule has 6 nitrogen and oxygen atoms in total. The zero-order valence-electron chi connectivity index (χ0n) is 15.1. The number of benzene rings is 1. The van der Waals surface area contributed by atoms with Crippen LogP contribution in [0.15, 0.2) is 35.6 Å². The molecular weight excluding hydrogens is 427 g/mol. The summed E-state index contributed by atoms with van der Waals surface area (Å²) in [5.41, 5.74) is 11.1. The second-order valence-electron chi connectivity index (χ2n) is 6.61. The van der Waals surface area contributed by atoms with E-state index in [9.17, 15) is 0 Å². The van der Waals surface area contributed by atoms with Gasteiger partial charge in [-0.1, -0.05) is 6.07 Å². The van der Waals surface area contributed by atoms with E-state index in [1.165, 1.54) is 24.0 Å². The number of halogens is 1. The quantitative estimate of drug-likeness (QED) is 0.414. The van der Waals surface area contributed by atoms with Gasteiger partial charge in [-0.05, 0) is 56.6 Å². The molecule has 1 atom stereocenters. The molecular formula is C18H27IN6. The third-order valence-corrected chi connectivity index (χ3v) is 4.54. The molecule has 0 fully saturated rings. The van der Waals surface area contributed by atoms with Crippen LogP contribution in [-0.4, -0.2) is 41.3 Å². The fourth-order valence-electron chi connectivity index (χ4n) is 3.20. The average Bonchev–Trinajstić information content (AvgIpc) is 3.15. The van der Waals surface area contributed by atoms with Crippen molar-refractivity contribution in [2.24, 2.45) is 17.8 Å². The number of hydrogen-bond donors (Lipinski definition) is 2. The Hall–Kier alpha value is -1.61. The van der Waals surface area contributed by atoms with E-state index in [-0.39, 0.29) is 30.0 Å². The third kappa shape index (κ3) is 4.94. The highest BCUT2D eigenvalue weighted by molar-refractivity contribution is 14.0. The van der Waals surface area contributed by atoms with Gasteiger partial charge in [-0.25, -0.2) is 0 Å². The number of nitrogens with zero attached hydrogens (tertiary/aromatic N) is 4. The number of guanidine groups is 1. The topological polar surface area (TPSA) is 71.5 Å². The summed E-state index contributed by atoms with van der Waals surface area (Å²) >= 11 is 0. The normalized spacial score (nSPS) is 15.0. The Kier molecular flexibility index (Phi) is 6.83. The summed E-state index contributed by atoms with van der Waals surface area (Å²) in [5.74, 6) is 0.448. The highest BCUT2D eigenvalue weighted by Gasteiger charge is 2.16. The monoisotopic (exact) mass is 454 g/mol. The van der Waals surface area contributed by atoms with Crippen LogP contribution in [0.25, 0.3) is 0 Å². The van der Waals surface area contributed by atoms with Crippen LogP contribution in [0.5, 0.6) is 0 Å². The van der Waals surface area contributed by atoms with Gasteiger partial charge in [-0.2, -0.15) is 5.10 Å². The van der Waals surface area contributed by atoms with Crippen molar-refractivity contribution in [3.05, 3.63) is 47.3 Å². The summed E-state index contributed by atoms with van der Waals surface area (Å²) in [7, 11) is 6.00. The molecule has 0 radical (unpaired) electrons. The number of hydrogen-bond acceptors (Lipinski definition) is 3. The van der Waals surface area contributed by atoms with Crippen molar-refractivity contribution in [3.63, 3.8) is 0 Å². The first-order valence-corrected chi connectivity index (χ1v) is 8.36. The molecule has 1 aromatic heterocycles. The second kappa shape index (κ2) is 8.66. The molecule has 1 unspecified atom stereocenters. The van der Waals surface area contributed by atoms with Gasteiger partial charge in [0, 0.05) is 24.5 Å². The number of aliphatic imine (C=N–C) groups is 1. The number of rotatable bonds is 5. The molecule has 0 spiro atoms. The molecule has 0 bridgehead atoms. The van der Waals surface area contributed by atoms with Crippen molar-refractivity contribution in [2.75, 3.05) is 26.0 Å². The summed E-state index contributed by atoms with van der Waals surface area (Å²) in [6, 6.07) is 6.61. The van der Waals surface area contributed by atoms with Crippen LogP contribution in [0.3, 0.4) is 0 Å². The van der Waals surface area contributed by atoms with E-state index in [4.69, 9.17) is 5.73 Å².